The first kappa shape index (κ1) is 24.6. The van der Waals surface area contributed by atoms with Crippen LogP contribution in [0.15, 0.2) is 53.1 Å². The highest BCUT2D eigenvalue weighted by Crippen LogP contribution is 2.40. The largest absolute Gasteiger partial charge is 0.339 e. The van der Waals surface area contributed by atoms with Crippen LogP contribution in [0.1, 0.15) is 75.9 Å². The van der Waals surface area contributed by atoms with Crippen LogP contribution in [-0.2, 0) is 11.8 Å². The van der Waals surface area contributed by atoms with Crippen LogP contribution in [0.2, 0.25) is 0 Å². The number of benzene rings is 2. The molecule has 1 heterocycles. The predicted octanol–water partition coefficient (Wildman–Crippen LogP) is 7.22. The Balaban J connectivity index is 1.30. The predicted molar refractivity (Wildman–Crippen MR) is 135 cm³/mol. The molecule has 1 atom stereocenters. The van der Waals surface area contributed by atoms with Gasteiger partial charge in [0.25, 0.3) is 0 Å². The Hall–Kier alpha value is -2.53. The molecule has 0 amide bonds. The number of hydrogen-bond acceptors (Lipinski definition) is 4. The highest BCUT2D eigenvalue weighted by atomic mass is 19.1. The highest BCUT2D eigenvalue weighted by molar-refractivity contribution is 5.55. The van der Waals surface area contributed by atoms with Crippen molar-refractivity contribution in [2.45, 2.75) is 70.8 Å². The average Bonchev–Trinajstić information content (AvgIpc) is 3.27. The van der Waals surface area contributed by atoms with Gasteiger partial charge in [0, 0.05) is 18.0 Å². The van der Waals surface area contributed by atoms with Crippen LogP contribution in [-0.4, -0.2) is 29.1 Å². The zero-order valence-corrected chi connectivity index (χ0v) is 21.2. The van der Waals surface area contributed by atoms with Gasteiger partial charge in [-0.05, 0) is 73.9 Å². The molecule has 1 saturated carbocycles. The van der Waals surface area contributed by atoms with E-state index in [2.05, 4.69) is 80.2 Å². The van der Waals surface area contributed by atoms with Crippen molar-refractivity contribution in [2.75, 3.05) is 14.1 Å². The SMILES string of the molecule is CN(C)C(c1cccc(F)c1)C1CCC(CCc2nc(-c3ccc(C(C)(C)C)cc3)no2)CC1. The van der Waals surface area contributed by atoms with E-state index in [0.29, 0.717) is 17.7 Å². The minimum Gasteiger partial charge on any atom is -0.339 e. The second kappa shape index (κ2) is 10.4. The van der Waals surface area contributed by atoms with Crippen LogP contribution in [0.3, 0.4) is 0 Å². The summed E-state index contributed by atoms with van der Waals surface area (Å²) in [6, 6.07) is 15.8. The molecule has 1 aliphatic carbocycles. The Morgan fingerprint density at radius 2 is 1.74 bits per heavy atom. The van der Waals surface area contributed by atoms with Crippen molar-refractivity contribution in [3.8, 4) is 11.4 Å². The molecule has 0 saturated heterocycles. The van der Waals surface area contributed by atoms with Gasteiger partial charge in [-0.15, -0.1) is 0 Å². The van der Waals surface area contributed by atoms with Crippen molar-refractivity contribution in [2.24, 2.45) is 11.8 Å². The smallest absolute Gasteiger partial charge is 0.226 e. The van der Waals surface area contributed by atoms with E-state index in [0.717, 1.165) is 29.9 Å². The number of hydrogen-bond donors (Lipinski definition) is 0. The molecular weight excluding hydrogens is 425 g/mol. The average molecular weight is 464 g/mol. The Labute approximate surface area is 203 Å². The Kier molecular flexibility index (Phi) is 7.51. The fourth-order valence-corrected chi connectivity index (χ4v) is 5.40. The lowest BCUT2D eigenvalue weighted by molar-refractivity contribution is 0.145. The van der Waals surface area contributed by atoms with E-state index < -0.39 is 0 Å². The van der Waals surface area contributed by atoms with Gasteiger partial charge in [-0.25, -0.2) is 4.39 Å². The lowest BCUT2D eigenvalue weighted by Crippen LogP contribution is -2.30. The van der Waals surface area contributed by atoms with Gasteiger partial charge >= 0.3 is 0 Å². The van der Waals surface area contributed by atoms with E-state index in [1.165, 1.54) is 37.3 Å². The molecule has 0 spiro atoms. The summed E-state index contributed by atoms with van der Waals surface area (Å²) in [5.74, 6) is 2.47. The molecule has 4 rings (SSSR count). The van der Waals surface area contributed by atoms with Crippen molar-refractivity contribution in [1.82, 2.24) is 15.0 Å². The van der Waals surface area contributed by atoms with Gasteiger partial charge in [0.15, 0.2) is 0 Å². The number of rotatable bonds is 7. The first-order valence-corrected chi connectivity index (χ1v) is 12.6. The molecule has 1 aromatic heterocycles. The summed E-state index contributed by atoms with van der Waals surface area (Å²) in [6.07, 6.45) is 6.62. The normalized spacial score (nSPS) is 20.0. The van der Waals surface area contributed by atoms with Crippen LogP contribution < -0.4 is 0 Å². The minimum absolute atomic E-state index is 0.129. The van der Waals surface area contributed by atoms with E-state index in [4.69, 9.17) is 4.52 Å². The lowest BCUT2D eigenvalue weighted by atomic mass is 9.75. The fourth-order valence-electron chi connectivity index (χ4n) is 5.40. The first-order chi connectivity index (χ1) is 16.2. The van der Waals surface area contributed by atoms with E-state index in [1.807, 2.05) is 6.07 Å². The molecular formula is C29H38FN3O. The fraction of sp³-hybridized carbons (Fsp3) is 0.517. The van der Waals surface area contributed by atoms with Crippen molar-refractivity contribution < 1.29 is 8.91 Å². The molecule has 34 heavy (non-hydrogen) atoms. The quantitative estimate of drug-likeness (QED) is 0.371. The molecule has 0 radical (unpaired) electrons. The summed E-state index contributed by atoms with van der Waals surface area (Å²) in [7, 11) is 4.21. The number of aryl methyl sites for hydroxylation is 1. The van der Waals surface area contributed by atoms with E-state index >= 15 is 0 Å². The third-order valence-corrected chi connectivity index (χ3v) is 7.33. The Morgan fingerprint density at radius 1 is 1.03 bits per heavy atom. The van der Waals surface area contributed by atoms with Gasteiger partial charge < -0.3 is 9.42 Å². The molecule has 5 heteroatoms. The molecule has 1 fully saturated rings. The van der Waals surface area contributed by atoms with Crippen LogP contribution in [0.25, 0.3) is 11.4 Å². The zero-order chi connectivity index (χ0) is 24.3. The number of aromatic nitrogens is 2. The van der Waals surface area contributed by atoms with E-state index in [9.17, 15) is 4.39 Å². The summed E-state index contributed by atoms with van der Waals surface area (Å²) in [4.78, 5) is 6.89. The maximum absolute atomic E-state index is 13.8. The van der Waals surface area contributed by atoms with Crippen LogP contribution in [0, 0.1) is 17.7 Å². The van der Waals surface area contributed by atoms with Gasteiger partial charge in [0.2, 0.25) is 11.7 Å². The van der Waals surface area contributed by atoms with Crippen molar-refractivity contribution >= 4 is 0 Å². The molecule has 182 valence electrons. The molecule has 1 unspecified atom stereocenters. The maximum atomic E-state index is 13.8. The van der Waals surface area contributed by atoms with Crippen LogP contribution in [0.5, 0.6) is 0 Å². The summed E-state index contributed by atoms with van der Waals surface area (Å²) < 4.78 is 19.4. The second-order valence-electron chi connectivity index (χ2n) is 11.1. The molecule has 2 aromatic carbocycles. The van der Waals surface area contributed by atoms with Gasteiger partial charge in [0.05, 0.1) is 0 Å². The van der Waals surface area contributed by atoms with Gasteiger partial charge in [-0.2, -0.15) is 4.98 Å². The molecule has 0 N–H and O–H groups in total. The lowest BCUT2D eigenvalue weighted by Gasteiger charge is -2.37. The Bertz CT molecular complexity index is 1060. The zero-order valence-electron chi connectivity index (χ0n) is 21.2. The molecule has 3 aromatic rings. The molecule has 4 nitrogen and oxygen atoms in total. The summed E-state index contributed by atoms with van der Waals surface area (Å²) in [5, 5.41) is 4.22. The van der Waals surface area contributed by atoms with Crippen LogP contribution in [0.4, 0.5) is 4.39 Å². The van der Waals surface area contributed by atoms with E-state index in [-0.39, 0.29) is 17.3 Å². The summed E-state index contributed by atoms with van der Waals surface area (Å²) in [6.45, 7) is 6.64. The second-order valence-corrected chi connectivity index (χ2v) is 11.1. The van der Waals surface area contributed by atoms with Crippen molar-refractivity contribution in [3.05, 3.63) is 71.4 Å². The van der Waals surface area contributed by atoms with E-state index in [1.54, 1.807) is 6.07 Å². The maximum Gasteiger partial charge on any atom is 0.226 e. The molecule has 1 aliphatic rings. The first-order valence-electron chi connectivity index (χ1n) is 12.6. The van der Waals surface area contributed by atoms with Gasteiger partial charge in [0.1, 0.15) is 5.82 Å². The standard InChI is InChI=1S/C29H38FN3O/c1-29(2,3)24-16-14-22(15-17-24)28-31-26(34-32-28)18-11-20-9-12-21(13-10-20)27(33(4)5)23-7-6-8-25(30)19-23/h6-8,14-17,19-21,27H,9-13,18H2,1-5H3. The number of nitrogens with zero attached hydrogens (tertiary/aromatic N) is 3. The highest BCUT2D eigenvalue weighted by Gasteiger charge is 2.30. The summed E-state index contributed by atoms with van der Waals surface area (Å²) in [5.41, 5.74) is 3.51. The van der Waals surface area contributed by atoms with Crippen LogP contribution >= 0.6 is 0 Å². The Morgan fingerprint density at radius 3 is 2.35 bits per heavy atom. The molecule has 0 bridgehead atoms. The number of halogens is 1. The van der Waals surface area contributed by atoms with Crippen molar-refractivity contribution in [3.63, 3.8) is 0 Å². The third kappa shape index (κ3) is 5.93. The van der Waals surface area contributed by atoms with Gasteiger partial charge in [-0.3, -0.25) is 0 Å². The van der Waals surface area contributed by atoms with Gasteiger partial charge in [-0.1, -0.05) is 75.2 Å². The third-order valence-electron chi connectivity index (χ3n) is 7.33. The topological polar surface area (TPSA) is 42.2 Å². The molecule has 0 aliphatic heterocycles. The van der Waals surface area contributed by atoms with Crippen molar-refractivity contribution in [1.29, 1.82) is 0 Å². The monoisotopic (exact) mass is 463 g/mol. The summed E-state index contributed by atoms with van der Waals surface area (Å²) >= 11 is 0. The minimum atomic E-state index is -0.151.